The minimum atomic E-state index is -0.0198. The molecule has 1 amide bonds. The summed E-state index contributed by atoms with van der Waals surface area (Å²) in [6.07, 6.45) is 2.71. The Morgan fingerprint density at radius 2 is 2.35 bits per heavy atom. The van der Waals surface area contributed by atoms with E-state index in [0.29, 0.717) is 30.9 Å². The predicted molar refractivity (Wildman–Crippen MR) is 61.5 cm³/mol. The maximum Gasteiger partial charge on any atom is 0.318 e. The van der Waals surface area contributed by atoms with Crippen LogP contribution in [0.4, 0.5) is 6.01 Å². The normalized spacial score (nSPS) is 14.7. The average molecular weight is 239 g/mol. The number of nitrogens with one attached hydrogen (secondary N) is 1. The van der Waals surface area contributed by atoms with Gasteiger partial charge < -0.3 is 20.4 Å². The quantitative estimate of drug-likeness (QED) is 0.680. The average Bonchev–Trinajstić information content (AvgIpc) is 2.95. The third-order valence-corrected chi connectivity index (χ3v) is 2.46. The summed E-state index contributed by atoms with van der Waals surface area (Å²) in [6.45, 7) is 0.689. The van der Waals surface area contributed by atoms with Crippen LogP contribution in [0.5, 0.6) is 0 Å². The summed E-state index contributed by atoms with van der Waals surface area (Å²) in [5.41, 5.74) is 5.38. The number of hydrogen-bond donors (Lipinski definition) is 2. The first kappa shape index (κ1) is 11.8. The van der Waals surface area contributed by atoms with Gasteiger partial charge in [-0.05, 0) is 12.8 Å². The third kappa shape index (κ3) is 3.42. The number of aromatic nitrogens is 2. The number of likely N-dealkylation sites (N-methyl/N-ethyl adjacent to an activating group) is 1. The van der Waals surface area contributed by atoms with Crippen LogP contribution in [0.25, 0.3) is 0 Å². The van der Waals surface area contributed by atoms with Crippen molar-refractivity contribution in [1.82, 2.24) is 15.5 Å². The number of carbonyl (C=O) groups is 1. The Hall–Kier alpha value is -1.63. The lowest BCUT2D eigenvalue weighted by Gasteiger charge is -2.13. The zero-order chi connectivity index (χ0) is 12.3. The first-order valence-electron chi connectivity index (χ1n) is 5.72. The lowest BCUT2D eigenvalue weighted by molar-refractivity contribution is -0.119. The SMILES string of the molecule is CN(CC(=O)NC1CC1)c1nnc(CCN)o1. The van der Waals surface area contributed by atoms with Crippen molar-refractivity contribution in [1.29, 1.82) is 0 Å². The van der Waals surface area contributed by atoms with Gasteiger partial charge in [0.05, 0.1) is 0 Å². The molecule has 1 aromatic rings. The Labute approximate surface area is 99.4 Å². The van der Waals surface area contributed by atoms with E-state index >= 15 is 0 Å². The second kappa shape index (κ2) is 5.13. The molecule has 0 spiro atoms. The molecule has 1 fully saturated rings. The Balaban J connectivity index is 1.84. The van der Waals surface area contributed by atoms with E-state index in [-0.39, 0.29) is 12.5 Å². The van der Waals surface area contributed by atoms with Crippen LogP contribution in [0.15, 0.2) is 4.42 Å². The van der Waals surface area contributed by atoms with Crippen molar-refractivity contribution < 1.29 is 9.21 Å². The van der Waals surface area contributed by atoms with E-state index in [1.54, 1.807) is 11.9 Å². The molecule has 94 valence electrons. The van der Waals surface area contributed by atoms with Gasteiger partial charge in [0, 0.05) is 26.1 Å². The fraction of sp³-hybridized carbons (Fsp3) is 0.700. The highest BCUT2D eigenvalue weighted by atomic mass is 16.4. The van der Waals surface area contributed by atoms with Crippen LogP contribution in [0.2, 0.25) is 0 Å². The molecular formula is C10H17N5O2. The van der Waals surface area contributed by atoms with E-state index in [9.17, 15) is 4.79 Å². The van der Waals surface area contributed by atoms with Gasteiger partial charge in [-0.25, -0.2) is 0 Å². The van der Waals surface area contributed by atoms with Crippen molar-refractivity contribution in [3.63, 3.8) is 0 Å². The topological polar surface area (TPSA) is 97.3 Å². The van der Waals surface area contributed by atoms with Crippen molar-refractivity contribution in [3.8, 4) is 0 Å². The molecule has 7 heteroatoms. The fourth-order valence-corrected chi connectivity index (χ4v) is 1.41. The van der Waals surface area contributed by atoms with Gasteiger partial charge in [-0.15, -0.1) is 5.10 Å². The second-order valence-electron chi connectivity index (χ2n) is 4.21. The molecule has 2 rings (SSSR count). The lowest BCUT2D eigenvalue weighted by Crippen LogP contribution is -2.36. The summed E-state index contributed by atoms with van der Waals surface area (Å²) < 4.78 is 5.35. The highest BCUT2D eigenvalue weighted by molar-refractivity contribution is 5.81. The molecule has 0 aromatic carbocycles. The molecule has 0 unspecified atom stereocenters. The molecule has 0 saturated heterocycles. The third-order valence-electron chi connectivity index (χ3n) is 2.46. The molecule has 0 radical (unpaired) electrons. The zero-order valence-electron chi connectivity index (χ0n) is 9.85. The summed E-state index contributed by atoms with van der Waals surface area (Å²) in [4.78, 5) is 13.2. The van der Waals surface area contributed by atoms with E-state index in [0.717, 1.165) is 12.8 Å². The number of rotatable bonds is 6. The predicted octanol–water partition coefficient (Wildman–Crippen LogP) is -0.714. The van der Waals surface area contributed by atoms with Gasteiger partial charge in [0.25, 0.3) is 0 Å². The Morgan fingerprint density at radius 1 is 1.59 bits per heavy atom. The summed E-state index contributed by atoms with van der Waals surface area (Å²) in [5.74, 6) is 0.477. The van der Waals surface area contributed by atoms with Gasteiger partial charge in [-0.1, -0.05) is 5.10 Å². The number of carbonyl (C=O) groups excluding carboxylic acids is 1. The van der Waals surface area contributed by atoms with Crippen LogP contribution in [0.1, 0.15) is 18.7 Å². The van der Waals surface area contributed by atoms with Crippen molar-refractivity contribution in [3.05, 3.63) is 5.89 Å². The molecule has 1 heterocycles. The van der Waals surface area contributed by atoms with Gasteiger partial charge in [0.15, 0.2) is 0 Å². The number of nitrogens with two attached hydrogens (primary N) is 1. The molecule has 1 aliphatic rings. The van der Waals surface area contributed by atoms with Gasteiger partial charge >= 0.3 is 6.01 Å². The number of nitrogens with zero attached hydrogens (tertiary/aromatic N) is 3. The molecule has 0 aliphatic heterocycles. The van der Waals surface area contributed by atoms with E-state index < -0.39 is 0 Å². The van der Waals surface area contributed by atoms with Crippen molar-refractivity contribution in [2.24, 2.45) is 5.73 Å². The Bertz CT molecular complexity index is 388. The minimum Gasteiger partial charge on any atom is -0.408 e. The van der Waals surface area contributed by atoms with Gasteiger partial charge in [-0.2, -0.15) is 0 Å². The molecule has 1 aliphatic carbocycles. The summed E-state index contributed by atoms with van der Waals surface area (Å²) >= 11 is 0. The van der Waals surface area contributed by atoms with Crippen LogP contribution in [-0.2, 0) is 11.2 Å². The van der Waals surface area contributed by atoms with E-state index in [4.69, 9.17) is 10.2 Å². The molecule has 1 aromatic heterocycles. The Morgan fingerprint density at radius 3 is 3.00 bits per heavy atom. The molecule has 3 N–H and O–H groups in total. The van der Waals surface area contributed by atoms with Gasteiger partial charge in [0.2, 0.25) is 11.8 Å². The van der Waals surface area contributed by atoms with Gasteiger partial charge in [0.1, 0.15) is 6.54 Å². The molecule has 7 nitrogen and oxygen atoms in total. The zero-order valence-corrected chi connectivity index (χ0v) is 9.85. The largest absolute Gasteiger partial charge is 0.408 e. The lowest BCUT2D eigenvalue weighted by atomic mass is 10.4. The fourth-order valence-electron chi connectivity index (χ4n) is 1.41. The van der Waals surface area contributed by atoms with Crippen molar-refractivity contribution in [2.75, 3.05) is 25.0 Å². The van der Waals surface area contributed by atoms with Crippen LogP contribution in [0, 0.1) is 0 Å². The second-order valence-corrected chi connectivity index (χ2v) is 4.21. The summed E-state index contributed by atoms with van der Waals surface area (Å²) in [5, 5.41) is 10.6. The molecule has 0 atom stereocenters. The highest BCUT2D eigenvalue weighted by Gasteiger charge is 2.24. The standard InChI is InChI=1S/C10H17N5O2/c1-15(6-8(16)12-7-2-3-7)10-14-13-9(17-10)4-5-11/h7H,2-6,11H2,1H3,(H,12,16). The maximum atomic E-state index is 11.5. The molecular weight excluding hydrogens is 222 g/mol. The van der Waals surface area contributed by atoms with E-state index in [2.05, 4.69) is 15.5 Å². The van der Waals surface area contributed by atoms with E-state index in [1.165, 1.54) is 0 Å². The highest BCUT2D eigenvalue weighted by Crippen LogP contribution is 2.18. The molecule has 1 saturated carbocycles. The molecule has 0 bridgehead atoms. The van der Waals surface area contributed by atoms with Gasteiger partial charge in [-0.3, -0.25) is 4.79 Å². The van der Waals surface area contributed by atoms with Crippen LogP contribution < -0.4 is 16.0 Å². The minimum absolute atomic E-state index is 0.0198. The van der Waals surface area contributed by atoms with Crippen molar-refractivity contribution >= 4 is 11.9 Å². The maximum absolute atomic E-state index is 11.5. The van der Waals surface area contributed by atoms with Crippen molar-refractivity contribution in [2.45, 2.75) is 25.3 Å². The Kier molecular flexibility index (Phi) is 3.58. The van der Waals surface area contributed by atoms with Crippen LogP contribution in [0.3, 0.4) is 0 Å². The first-order chi connectivity index (χ1) is 8.19. The first-order valence-corrected chi connectivity index (χ1v) is 5.72. The van der Waals surface area contributed by atoms with E-state index in [1.807, 2.05) is 0 Å². The number of hydrogen-bond acceptors (Lipinski definition) is 6. The smallest absolute Gasteiger partial charge is 0.318 e. The van der Waals surface area contributed by atoms with Crippen LogP contribution in [-0.4, -0.2) is 42.3 Å². The van der Waals surface area contributed by atoms with Crippen LogP contribution >= 0.6 is 0 Å². The monoisotopic (exact) mass is 239 g/mol. The number of anilines is 1. The number of amides is 1. The molecule has 17 heavy (non-hydrogen) atoms. The summed E-state index contributed by atoms with van der Waals surface area (Å²) in [6, 6.07) is 0.714. The summed E-state index contributed by atoms with van der Waals surface area (Å²) in [7, 11) is 1.74.